The molecule has 12 nitrogen and oxygen atoms in total. The number of carboxylic acid groups (broad SMARTS) is 2. The molecule has 0 aromatic carbocycles. The average Bonchev–Trinajstić information content (AvgIpc) is 3.43. The van der Waals surface area contributed by atoms with Crippen molar-refractivity contribution in [2.45, 2.75) is 354 Å². The molecule has 0 aliphatic carbocycles. The zero-order valence-corrected chi connectivity index (χ0v) is 60.1. The van der Waals surface area contributed by atoms with Gasteiger partial charge in [-0.1, -0.05) is 276 Å². The molecular weight excluding hydrogens is 1250 g/mol. The maximum absolute atomic E-state index is 12.2. The third-order valence-corrected chi connectivity index (χ3v) is 12.8. The molecule has 2 unspecified atom stereocenters. The van der Waals surface area contributed by atoms with Crippen molar-refractivity contribution in [3.05, 3.63) is 6.92 Å². The van der Waals surface area contributed by atoms with Gasteiger partial charge >= 0.3 is 55.0 Å². The minimum absolute atomic E-state index is 0. The van der Waals surface area contributed by atoms with Crippen LogP contribution in [-0.4, -0.2) is 72.5 Å². The summed E-state index contributed by atoms with van der Waals surface area (Å²) in [7, 11) is 0. The second-order valence-electron chi connectivity index (χ2n) is 20.7. The molecule has 0 radical (unpaired) electrons. The predicted molar refractivity (Wildman–Crippen MR) is 340 cm³/mol. The number of aliphatic carboxylic acids is 1. The first kappa shape index (κ1) is 97.8. The Morgan fingerprint density at radius 3 is 1.00 bits per heavy atom. The monoisotopic (exact) mass is 1380 g/mol. The third kappa shape index (κ3) is 110. The predicted octanol–water partition coefficient (Wildman–Crippen LogP) is 20.6. The van der Waals surface area contributed by atoms with E-state index in [2.05, 4.69) is 69.2 Å². The zero-order valence-electron chi connectivity index (χ0n) is 55.9. The molecule has 0 saturated heterocycles. The first-order valence-electron chi connectivity index (χ1n) is 33.0. The summed E-state index contributed by atoms with van der Waals surface area (Å²) in [6.07, 6.45) is 42.9. The number of carboxylic acids is 1. The van der Waals surface area contributed by atoms with Crippen LogP contribution >= 0.6 is 0 Å². The third-order valence-electron chi connectivity index (χ3n) is 12.8. The van der Waals surface area contributed by atoms with Crippen LogP contribution in [0.2, 0.25) is 0 Å². The molecule has 2 atom stereocenters. The van der Waals surface area contributed by atoms with Crippen LogP contribution in [0.4, 0.5) is 0 Å². The summed E-state index contributed by atoms with van der Waals surface area (Å²) in [5.74, 6) is -1.12. The quantitative estimate of drug-likeness (QED) is 0.0193. The largest absolute Gasteiger partial charge is 2.00 e. The molecule has 0 spiro atoms. The fourth-order valence-electron chi connectivity index (χ4n) is 7.56. The van der Waals surface area contributed by atoms with Crippen molar-refractivity contribution < 1.29 is 89.1 Å². The summed E-state index contributed by atoms with van der Waals surface area (Å²) in [6, 6.07) is 0. The van der Waals surface area contributed by atoms with Gasteiger partial charge in [0, 0.05) is 38.5 Å². The van der Waals surface area contributed by atoms with E-state index in [1.165, 1.54) is 154 Å². The Bertz CT molecular complexity index is 1140. The molecule has 0 heterocycles. The average molecular weight is 1380 g/mol. The molecule has 13 heteroatoms. The van der Waals surface area contributed by atoms with Crippen molar-refractivity contribution in [1.82, 2.24) is 0 Å². The summed E-state index contributed by atoms with van der Waals surface area (Å²) < 4.78 is 15.9. The number of hydrogen-bond acceptors (Lipinski definition) is 10. The molecule has 0 aromatic heterocycles. The molecule has 2 N–H and O–H groups in total. The molecule has 0 aromatic rings. The van der Waals surface area contributed by atoms with Crippen LogP contribution in [-0.2, 0) is 47.8 Å². The van der Waals surface area contributed by atoms with E-state index in [9.17, 15) is 24.0 Å². The summed E-state index contributed by atoms with van der Waals surface area (Å²) in [5.41, 5.74) is 0. The molecule has 0 saturated carbocycles. The van der Waals surface area contributed by atoms with Crippen molar-refractivity contribution in [2.24, 2.45) is 17.8 Å². The van der Waals surface area contributed by atoms with Gasteiger partial charge in [0.25, 0.3) is 6.47 Å². The maximum Gasteiger partial charge on any atom is 2.00 e. The summed E-state index contributed by atoms with van der Waals surface area (Å²) in [4.78, 5) is 76.2. The molecule has 0 aliphatic heterocycles. The van der Waals surface area contributed by atoms with Crippen LogP contribution in [0.3, 0.4) is 0 Å². The van der Waals surface area contributed by atoms with Gasteiger partial charge in [-0.15, -0.1) is 0 Å². The molecule has 81 heavy (non-hydrogen) atoms. The number of hydrogen-bond donors (Lipinski definition) is 2. The Balaban J connectivity index is -0.000000130. The van der Waals surface area contributed by atoms with Crippen LogP contribution in [0, 0.1) is 55.8 Å². The van der Waals surface area contributed by atoms with Gasteiger partial charge in [0.15, 0.2) is 0 Å². The molecule has 0 rings (SSSR count). The maximum atomic E-state index is 12.2. The molecule has 0 aliphatic rings. The Kier molecular flexibility index (Phi) is 114. The van der Waals surface area contributed by atoms with Crippen LogP contribution in [0.25, 0.3) is 0 Å². The first-order valence-corrected chi connectivity index (χ1v) is 33.0. The van der Waals surface area contributed by atoms with E-state index in [1.807, 2.05) is 27.7 Å². The van der Waals surface area contributed by atoms with Crippen molar-refractivity contribution in [3.8, 4) is 0 Å². The van der Waals surface area contributed by atoms with Crippen molar-refractivity contribution in [1.29, 1.82) is 0 Å². The van der Waals surface area contributed by atoms with E-state index in [4.69, 9.17) is 34.0 Å². The molecule has 0 bridgehead atoms. The molecular formula is C68H136O12U. The minimum Gasteiger partial charge on any atom is -0.542 e. The molecule has 484 valence electrons. The van der Waals surface area contributed by atoms with Gasteiger partial charge in [-0.25, -0.2) is 0 Å². The van der Waals surface area contributed by atoms with Crippen molar-refractivity contribution >= 4 is 42.4 Å². The number of rotatable bonds is 46. The van der Waals surface area contributed by atoms with Gasteiger partial charge in [-0.3, -0.25) is 35.1 Å². The van der Waals surface area contributed by atoms with Gasteiger partial charge in [0.1, 0.15) is 5.78 Å². The van der Waals surface area contributed by atoms with Crippen LogP contribution in [0.5, 0.6) is 0 Å². The van der Waals surface area contributed by atoms with Gasteiger partial charge in [0.05, 0.1) is 19.8 Å². The molecule has 0 fully saturated rings. The Labute approximate surface area is 526 Å². The van der Waals surface area contributed by atoms with Gasteiger partial charge in [-0.05, 0) is 43.4 Å². The minimum atomic E-state index is -0.970. The van der Waals surface area contributed by atoms with E-state index in [-0.39, 0.29) is 86.5 Å². The number of ether oxygens (including phenoxy) is 3. The Hall–Kier alpha value is -2.26. The molecule has 0 amide bonds. The number of unbranched alkanes of at least 4 members (excludes halogenated alkanes) is 24. The number of ketones is 1. The second kappa shape index (κ2) is 94.1. The van der Waals surface area contributed by atoms with Crippen molar-refractivity contribution in [3.63, 3.8) is 0 Å². The van der Waals surface area contributed by atoms with Gasteiger partial charge in [-0.2, -0.15) is 13.3 Å². The number of carbonyl (C=O) groups excluding carboxylic acids is 5. The summed E-state index contributed by atoms with van der Waals surface area (Å²) in [6.45, 7) is 34.0. The van der Waals surface area contributed by atoms with E-state index < -0.39 is 11.9 Å². The smallest absolute Gasteiger partial charge is 0.542 e. The second-order valence-corrected chi connectivity index (χ2v) is 20.7. The standard InChI is InChI=1S/C24H44O5.C23H44O4.C9H20.C4H10.C3H7.C2H3O.C2H6.CH2O2.U/c1-3-5-7-9-11-12-14-16-22(25)18-21(19-23(26)27)20-24(28)29-17-15-13-10-8-6-4-2;1-4-7-9-11-13-15-17-26-22(24)19-21(6-3)20-23(25)27-18-16-14-12-10-8-5-2;1-4-6-7-8-9(3)5-2;1-3-4-2;1-3-2;1-2-3;1-2;2-1-3;/h21H,3-20H2,1-2H3,(H,26,27);21H,4-20H2,1-3H3;9H,4-8H2,1-3H3;3-4H2,1-2H3;1,3H2,2H3;1H3;1-2H3;1H,(H,2,3);/q;;;;2*-1;;;+2. The zero-order chi connectivity index (χ0) is 62.6. The van der Waals surface area contributed by atoms with E-state index in [0.29, 0.717) is 39.1 Å². The summed E-state index contributed by atoms with van der Waals surface area (Å²) >= 11 is 0. The fraction of sp³-hybridized carbons (Fsp3) is 0.882. The van der Waals surface area contributed by atoms with Crippen LogP contribution < -0.4 is 0 Å². The van der Waals surface area contributed by atoms with E-state index in [1.54, 1.807) is 0 Å². The Morgan fingerprint density at radius 2 is 0.728 bits per heavy atom. The van der Waals surface area contributed by atoms with E-state index >= 15 is 0 Å². The first-order chi connectivity index (χ1) is 38.6. The SMILES string of the molecule is CC.CCCC.CCCCCC(C)CC.CCCCCCCCCC(=O)CC(CC(=O)O)CC(=O)OCCCCCCCC.CCCCCCCCOC(=O)CC(CC)CC(=O)OCCCCCCCC.C[C-]=O.O=CO.[CH2-]CC.[U+2]. The number of Topliss-reactive ketones (excluding diaryl/α,β-unsaturated/α-hetero) is 1. The van der Waals surface area contributed by atoms with Crippen molar-refractivity contribution in [2.75, 3.05) is 19.8 Å². The van der Waals surface area contributed by atoms with Crippen LogP contribution in [0.1, 0.15) is 354 Å². The van der Waals surface area contributed by atoms with Gasteiger partial charge in [0.2, 0.25) is 0 Å². The number of carbonyl (C=O) groups is 6. The summed E-state index contributed by atoms with van der Waals surface area (Å²) in [5, 5.41) is 16.0. The fourth-order valence-corrected chi connectivity index (χ4v) is 7.56. The van der Waals surface area contributed by atoms with Gasteiger partial charge < -0.3 is 36.1 Å². The topological polar surface area (TPSA) is 188 Å². The number of esters is 3. The van der Waals surface area contributed by atoms with E-state index in [0.717, 1.165) is 83.0 Å². The Morgan fingerprint density at radius 1 is 0.457 bits per heavy atom. The normalized spacial score (nSPS) is 10.4. The van der Waals surface area contributed by atoms with Crippen LogP contribution in [0.15, 0.2) is 0 Å².